The summed E-state index contributed by atoms with van der Waals surface area (Å²) in [6.07, 6.45) is 3.61. The second kappa shape index (κ2) is 16.5. The van der Waals surface area contributed by atoms with Crippen molar-refractivity contribution in [2.75, 3.05) is 39.3 Å². The van der Waals surface area contributed by atoms with E-state index in [0.29, 0.717) is 48.4 Å². The van der Waals surface area contributed by atoms with Gasteiger partial charge in [-0.15, -0.1) is 0 Å². The maximum Gasteiger partial charge on any atom is 0.165 e. The van der Waals surface area contributed by atoms with E-state index in [9.17, 15) is 24.8 Å². The Morgan fingerprint density at radius 3 is 1.40 bits per heavy atom. The topological polar surface area (TPSA) is 106 Å². The second-order valence-electron chi connectivity index (χ2n) is 15.9. The highest BCUT2D eigenvalue weighted by Crippen LogP contribution is 2.41. The fourth-order valence-electron chi connectivity index (χ4n) is 8.92. The zero-order valence-corrected chi connectivity index (χ0v) is 30.7. The van der Waals surface area contributed by atoms with Crippen LogP contribution in [-0.4, -0.2) is 81.7 Å². The monoisotopic (exact) mass is 724 g/mol. The number of halogens is 1. The lowest BCUT2D eigenvalue weighted by molar-refractivity contribution is 0.115. The van der Waals surface area contributed by atoms with Gasteiger partial charge in [-0.05, 0) is 123 Å². The Morgan fingerprint density at radius 1 is 0.585 bits per heavy atom. The van der Waals surface area contributed by atoms with Crippen LogP contribution in [0.3, 0.4) is 0 Å². The molecule has 0 bridgehead atoms. The molecule has 8 nitrogen and oxygen atoms in total. The summed E-state index contributed by atoms with van der Waals surface area (Å²) in [6.45, 7) is 9.25. The molecule has 4 aromatic rings. The summed E-state index contributed by atoms with van der Waals surface area (Å²) in [5, 5.41) is 39.5. The van der Waals surface area contributed by atoms with Gasteiger partial charge in [-0.25, -0.2) is 4.39 Å². The average Bonchev–Trinajstić information content (AvgIpc) is 3.89. The number of phenols is 2. The predicted octanol–water partition coefficient (Wildman–Crippen LogP) is 7.19. The summed E-state index contributed by atoms with van der Waals surface area (Å²) in [7, 11) is 0. The van der Waals surface area contributed by atoms with E-state index in [0.717, 1.165) is 68.9 Å². The third kappa shape index (κ3) is 9.51. The standard InChI is InChI=1S/C22H26FNO3.C22H27NO3/c1-14-2-5-18(6-3-14)27-19-8-16-11-24(12-17(16)9-19)13-22(26)15-4-7-21(25)20(23)10-15;1-15-2-8-20(9-3-15)26-21-10-17-12-23(13-18(17)11-21)14-22(25)16-4-6-19(24)7-5-16/h2-7,10,16-17,19,22,25-26H,8-9,11-13H2,1H3;2-9,17-18,21-22,24-25H,10-14H2,1H3/t16-,17+,19?,22?;17-,18+,21?,22?. The van der Waals surface area contributed by atoms with Crippen LogP contribution in [0.5, 0.6) is 23.0 Å². The van der Waals surface area contributed by atoms with Crippen LogP contribution < -0.4 is 9.47 Å². The first-order valence-corrected chi connectivity index (χ1v) is 19.1. The number of ether oxygens (including phenoxy) is 2. The number of β-amino-alcohol motifs (C(OH)–C–C–N with tert-alkyl or cyclic N) is 2. The fraction of sp³-hybridized carbons (Fsp3) is 0.455. The van der Waals surface area contributed by atoms with E-state index < -0.39 is 18.0 Å². The molecule has 8 atom stereocenters. The molecule has 282 valence electrons. The van der Waals surface area contributed by atoms with Crippen LogP contribution in [0.1, 0.15) is 60.1 Å². The Bertz CT molecular complexity index is 1760. The lowest BCUT2D eigenvalue weighted by Crippen LogP contribution is -2.29. The van der Waals surface area contributed by atoms with E-state index in [1.54, 1.807) is 30.3 Å². The molecule has 0 aromatic heterocycles. The second-order valence-corrected chi connectivity index (χ2v) is 15.9. The molecule has 0 amide bonds. The van der Waals surface area contributed by atoms with E-state index in [-0.39, 0.29) is 17.6 Å². The summed E-state index contributed by atoms with van der Waals surface area (Å²) < 4.78 is 25.8. The van der Waals surface area contributed by atoms with Crippen molar-refractivity contribution in [1.82, 2.24) is 9.80 Å². The molecule has 4 N–H and O–H groups in total. The van der Waals surface area contributed by atoms with Gasteiger partial charge in [0.05, 0.1) is 24.4 Å². The minimum atomic E-state index is -0.751. The van der Waals surface area contributed by atoms with Crippen molar-refractivity contribution in [3.63, 3.8) is 0 Å². The van der Waals surface area contributed by atoms with Crippen molar-refractivity contribution in [1.29, 1.82) is 0 Å². The van der Waals surface area contributed by atoms with Crippen LogP contribution in [0.4, 0.5) is 4.39 Å². The SMILES string of the molecule is Cc1ccc(OC2C[C@@H]3CN(CC(O)c4ccc(O)c(F)c4)C[C@@H]3C2)cc1.Cc1ccc(OC2C[C@@H]3CN(CC(O)c4ccc(O)cc4)C[C@@H]3C2)cc1. The van der Waals surface area contributed by atoms with Gasteiger partial charge in [0.1, 0.15) is 17.2 Å². The van der Waals surface area contributed by atoms with Crippen LogP contribution in [-0.2, 0) is 0 Å². The minimum absolute atomic E-state index is 0.233. The van der Waals surface area contributed by atoms with Gasteiger partial charge < -0.3 is 29.9 Å². The Morgan fingerprint density at radius 2 is 0.981 bits per heavy atom. The van der Waals surface area contributed by atoms with Crippen molar-refractivity contribution < 1.29 is 34.3 Å². The number of aliphatic hydroxyl groups is 2. The van der Waals surface area contributed by atoms with Crippen molar-refractivity contribution in [2.24, 2.45) is 23.7 Å². The van der Waals surface area contributed by atoms with Gasteiger partial charge in [-0.1, -0.05) is 53.6 Å². The van der Waals surface area contributed by atoms with E-state index in [2.05, 4.69) is 60.0 Å². The third-order valence-electron chi connectivity index (χ3n) is 11.7. The molecule has 4 aromatic carbocycles. The smallest absolute Gasteiger partial charge is 0.165 e. The number of aromatic hydroxyl groups is 2. The Kier molecular flexibility index (Phi) is 11.6. The number of aryl methyl sites for hydroxylation is 2. The maximum absolute atomic E-state index is 13.5. The number of hydrogen-bond acceptors (Lipinski definition) is 8. The van der Waals surface area contributed by atoms with Crippen LogP contribution in [0.2, 0.25) is 0 Å². The number of nitrogens with zero attached hydrogens (tertiary/aromatic N) is 2. The summed E-state index contributed by atoms with van der Waals surface area (Å²) in [5.74, 6) is 3.56. The van der Waals surface area contributed by atoms with Crippen molar-refractivity contribution in [3.05, 3.63) is 119 Å². The summed E-state index contributed by atoms with van der Waals surface area (Å²) >= 11 is 0. The van der Waals surface area contributed by atoms with Gasteiger partial charge in [0.15, 0.2) is 11.6 Å². The average molecular weight is 725 g/mol. The third-order valence-corrected chi connectivity index (χ3v) is 11.7. The number of likely N-dealkylation sites (tertiary alicyclic amines) is 2. The van der Waals surface area contributed by atoms with Gasteiger partial charge in [0.25, 0.3) is 0 Å². The number of benzene rings is 4. The van der Waals surface area contributed by atoms with E-state index in [1.165, 1.54) is 23.3 Å². The lowest BCUT2D eigenvalue weighted by atomic mass is 10.0. The van der Waals surface area contributed by atoms with Crippen molar-refractivity contribution >= 4 is 0 Å². The van der Waals surface area contributed by atoms with E-state index >= 15 is 0 Å². The van der Waals surface area contributed by atoms with Crippen molar-refractivity contribution in [3.8, 4) is 23.0 Å². The molecule has 2 saturated heterocycles. The highest BCUT2D eigenvalue weighted by molar-refractivity contribution is 5.30. The van der Waals surface area contributed by atoms with Gasteiger partial charge >= 0.3 is 0 Å². The molecule has 2 heterocycles. The minimum Gasteiger partial charge on any atom is -0.508 e. The number of fused-ring (bicyclic) bond motifs is 2. The molecule has 4 aliphatic rings. The Hall–Kier alpha value is -4.15. The number of aliphatic hydroxyl groups excluding tert-OH is 2. The Labute approximate surface area is 312 Å². The molecule has 2 saturated carbocycles. The molecule has 2 aliphatic carbocycles. The lowest BCUT2D eigenvalue weighted by Gasteiger charge is -2.22. The maximum atomic E-state index is 13.5. The van der Waals surface area contributed by atoms with Crippen LogP contribution in [0, 0.1) is 43.3 Å². The molecule has 53 heavy (non-hydrogen) atoms. The fourth-order valence-corrected chi connectivity index (χ4v) is 8.92. The Balaban J connectivity index is 0.000000164. The van der Waals surface area contributed by atoms with E-state index in [1.807, 2.05) is 12.1 Å². The first-order chi connectivity index (χ1) is 25.5. The summed E-state index contributed by atoms with van der Waals surface area (Å²) in [6, 6.07) is 27.4. The molecule has 4 unspecified atom stereocenters. The first kappa shape index (κ1) is 37.2. The molecule has 0 radical (unpaired) electrons. The molecule has 0 spiro atoms. The molecular weight excluding hydrogens is 671 g/mol. The van der Waals surface area contributed by atoms with Gasteiger partial charge in [0, 0.05) is 39.3 Å². The molecular formula is C44H53FN2O6. The largest absolute Gasteiger partial charge is 0.508 e. The first-order valence-electron chi connectivity index (χ1n) is 19.1. The van der Waals surface area contributed by atoms with Crippen LogP contribution in [0.25, 0.3) is 0 Å². The molecule has 4 fully saturated rings. The van der Waals surface area contributed by atoms with Crippen LogP contribution in [0.15, 0.2) is 91.0 Å². The summed E-state index contributed by atoms with van der Waals surface area (Å²) in [4.78, 5) is 4.63. The number of hydrogen-bond donors (Lipinski definition) is 4. The zero-order valence-electron chi connectivity index (χ0n) is 30.7. The highest BCUT2D eigenvalue weighted by atomic mass is 19.1. The number of phenolic OH excluding ortho intramolecular Hbond substituents is 2. The quantitative estimate of drug-likeness (QED) is 0.136. The summed E-state index contributed by atoms with van der Waals surface area (Å²) in [5.41, 5.74) is 3.85. The highest BCUT2D eigenvalue weighted by Gasteiger charge is 2.43. The van der Waals surface area contributed by atoms with Gasteiger partial charge in [0.2, 0.25) is 0 Å². The molecule has 8 rings (SSSR count). The van der Waals surface area contributed by atoms with Crippen molar-refractivity contribution in [2.45, 2.75) is 63.9 Å². The number of rotatable bonds is 10. The zero-order chi connectivity index (χ0) is 37.1. The predicted molar refractivity (Wildman–Crippen MR) is 203 cm³/mol. The normalized spacial score (nSPS) is 26.4. The van der Waals surface area contributed by atoms with E-state index in [4.69, 9.17) is 9.47 Å². The van der Waals surface area contributed by atoms with Crippen LogP contribution >= 0.6 is 0 Å². The molecule has 9 heteroatoms. The van der Waals surface area contributed by atoms with Gasteiger partial charge in [-0.2, -0.15) is 0 Å². The van der Waals surface area contributed by atoms with Gasteiger partial charge in [-0.3, -0.25) is 9.80 Å². The molecule has 2 aliphatic heterocycles.